The van der Waals surface area contributed by atoms with Gasteiger partial charge in [-0.05, 0) is 17.7 Å². The van der Waals surface area contributed by atoms with Gasteiger partial charge in [-0.15, -0.1) is 0 Å². The molecule has 1 aromatic carbocycles. The van der Waals surface area contributed by atoms with E-state index in [4.69, 9.17) is 5.11 Å². The smallest absolute Gasteiger partial charge is 0.224 e. The maximum Gasteiger partial charge on any atom is 0.224 e. The molecule has 1 fully saturated rings. The van der Waals surface area contributed by atoms with Gasteiger partial charge in [-0.2, -0.15) is 0 Å². The summed E-state index contributed by atoms with van der Waals surface area (Å²) in [4.78, 5) is 11.8. The highest BCUT2D eigenvalue weighted by atomic mass is 16.3. The van der Waals surface area contributed by atoms with Crippen LogP contribution in [0.3, 0.4) is 0 Å². The number of hydrogen-bond acceptors (Lipinski definition) is 7. The lowest BCUT2D eigenvalue weighted by molar-refractivity contribution is -0.120. The molecule has 1 heterocycles. The van der Waals surface area contributed by atoms with Crippen LogP contribution in [0, 0.1) is 0 Å². The summed E-state index contributed by atoms with van der Waals surface area (Å²) in [6.45, 7) is -0.215. The van der Waals surface area contributed by atoms with Gasteiger partial charge < -0.3 is 36.2 Å². The fraction of sp³-hybridized carbons (Fsp3) is 0.500. The summed E-state index contributed by atoms with van der Waals surface area (Å²) < 4.78 is 0. The number of aliphatic hydroxyl groups excluding tert-OH is 3. The van der Waals surface area contributed by atoms with Gasteiger partial charge in [0, 0.05) is 6.54 Å². The van der Waals surface area contributed by atoms with E-state index < -0.39 is 24.3 Å². The van der Waals surface area contributed by atoms with Gasteiger partial charge in [-0.1, -0.05) is 6.07 Å². The van der Waals surface area contributed by atoms with E-state index in [0.29, 0.717) is 5.56 Å². The molecule has 1 saturated heterocycles. The minimum absolute atomic E-state index is 0.00262. The van der Waals surface area contributed by atoms with E-state index in [2.05, 4.69) is 10.6 Å². The second-order valence-corrected chi connectivity index (χ2v) is 5.35. The fourth-order valence-electron chi connectivity index (χ4n) is 2.44. The van der Waals surface area contributed by atoms with Crippen LogP contribution >= 0.6 is 0 Å². The molecule has 1 amide bonds. The number of aliphatic hydroxyl groups is 3. The van der Waals surface area contributed by atoms with E-state index in [0.717, 1.165) is 0 Å². The Hall–Kier alpha value is -1.87. The third-order valence-corrected chi connectivity index (χ3v) is 3.72. The van der Waals surface area contributed by atoms with Gasteiger partial charge in [0.2, 0.25) is 5.91 Å². The van der Waals surface area contributed by atoms with E-state index in [1.165, 1.54) is 18.2 Å². The molecule has 7 N–H and O–H groups in total. The first kappa shape index (κ1) is 16.5. The minimum Gasteiger partial charge on any atom is -0.504 e. The van der Waals surface area contributed by atoms with Crippen molar-refractivity contribution in [3.63, 3.8) is 0 Å². The van der Waals surface area contributed by atoms with Crippen molar-refractivity contribution < 1.29 is 30.3 Å². The Labute approximate surface area is 127 Å². The van der Waals surface area contributed by atoms with Crippen molar-refractivity contribution >= 4 is 5.91 Å². The Bertz CT molecular complexity index is 538. The number of phenols is 2. The quantitative estimate of drug-likeness (QED) is 0.306. The monoisotopic (exact) mass is 312 g/mol. The van der Waals surface area contributed by atoms with Crippen LogP contribution < -0.4 is 10.6 Å². The zero-order chi connectivity index (χ0) is 16.3. The molecule has 0 saturated carbocycles. The summed E-state index contributed by atoms with van der Waals surface area (Å²) in [5.41, 5.74) is 0.529. The van der Waals surface area contributed by atoms with Crippen LogP contribution in [0.1, 0.15) is 5.56 Å². The van der Waals surface area contributed by atoms with E-state index in [1.54, 1.807) is 0 Å². The average molecular weight is 312 g/mol. The Balaban J connectivity index is 1.84. The van der Waals surface area contributed by atoms with Crippen molar-refractivity contribution in [2.24, 2.45) is 0 Å². The van der Waals surface area contributed by atoms with Crippen LogP contribution in [-0.4, -0.2) is 68.9 Å². The second-order valence-electron chi connectivity index (χ2n) is 5.35. The fourth-order valence-corrected chi connectivity index (χ4v) is 2.44. The van der Waals surface area contributed by atoms with Crippen molar-refractivity contribution in [3.05, 3.63) is 23.8 Å². The van der Waals surface area contributed by atoms with Gasteiger partial charge in [0.1, 0.15) is 0 Å². The summed E-state index contributed by atoms with van der Waals surface area (Å²) in [6, 6.07) is 2.93. The molecule has 8 nitrogen and oxygen atoms in total. The molecule has 0 aliphatic carbocycles. The number of aromatic hydroxyl groups is 2. The van der Waals surface area contributed by atoms with Crippen molar-refractivity contribution in [1.29, 1.82) is 0 Å². The first-order valence-corrected chi connectivity index (χ1v) is 6.93. The van der Waals surface area contributed by atoms with Crippen LogP contribution in [0.2, 0.25) is 0 Å². The van der Waals surface area contributed by atoms with Crippen molar-refractivity contribution in [3.8, 4) is 11.5 Å². The molecule has 0 spiro atoms. The Morgan fingerprint density at radius 3 is 2.41 bits per heavy atom. The highest BCUT2D eigenvalue weighted by molar-refractivity contribution is 5.78. The molecule has 1 aliphatic rings. The average Bonchev–Trinajstić information content (AvgIpc) is 2.76. The summed E-state index contributed by atoms with van der Waals surface area (Å²) in [5.74, 6) is -0.889. The maximum absolute atomic E-state index is 11.8. The summed E-state index contributed by atoms with van der Waals surface area (Å²) >= 11 is 0. The van der Waals surface area contributed by atoms with Gasteiger partial charge in [-0.3, -0.25) is 4.79 Å². The normalized spacial score (nSPS) is 27.8. The molecule has 2 rings (SSSR count). The van der Waals surface area contributed by atoms with Crippen molar-refractivity contribution in [2.45, 2.75) is 30.7 Å². The molecular formula is C14H20N2O6. The van der Waals surface area contributed by atoms with E-state index in [-0.39, 0.29) is 37.0 Å². The lowest BCUT2D eigenvalue weighted by atomic mass is 10.1. The van der Waals surface area contributed by atoms with Crippen LogP contribution in [0.25, 0.3) is 0 Å². The summed E-state index contributed by atoms with van der Waals surface area (Å²) in [7, 11) is 0. The highest BCUT2D eigenvalue weighted by Crippen LogP contribution is 2.25. The Morgan fingerprint density at radius 1 is 1.14 bits per heavy atom. The topological polar surface area (TPSA) is 142 Å². The molecule has 22 heavy (non-hydrogen) atoms. The number of nitrogens with one attached hydrogen (secondary N) is 2. The maximum atomic E-state index is 11.8. The van der Waals surface area contributed by atoms with Crippen molar-refractivity contribution in [2.75, 3.05) is 13.2 Å². The molecule has 0 aromatic heterocycles. The first-order chi connectivity index (χ1) is 10.4. The van der Waals surface area contributed by atoms with Crippen LogP contribution in [0.15, 0.2) is 18.2 Å². The zero-order valence-corrected chi connectivity index (χ0v) is 11.8. The molecule has 0 unspecified atom stereocenters. The molecule has 1 aliphatic heterocycles. The standard InChI is InChI=1S/C14H20N2O6/c17-6-9-14(22)13(21)8(16-9)5-15-12(20)4-7-1-2-10(18)11(19)3-7/h1-3,8-9,13-14,16-19,21-22H,4-6H2,(H,15,20)/t8-,9-,13-,14-/m1/s1. The van der Waals surface area contributed by atoms with Gasteiger partial charge in [0.05, 0.1) is 37.3 Å². The van der Waals surface area contributed by atoms with Crippen LogP contribution in [0.4, 0.5) is 0 Å². The number of benzene rings is 1. The number of carbonyl (C=O) groups excluding carboxylic acids is 1. The molecule has 1 aromatic rings. The third kappa shape index (κ3) is 3.66. The SMILES string of the molecule is O=C(Cc1ccc(O)c(O)c1)NC[C@H]1N[C@H](CO)[C@@H](O)[C@@H]1O. The highest BCUT2D eigenvalue weighted by Gasteiger charge is 2.40. The van der Waals surface area contributed by atoms with Gasteiger partial charge in [0.25, 0.3) is 0 Å². The van der Waals surface area contributed by atoms with Crippen LogP contribution in [-0.2, 0) is 11.2 Å². The first-order valence-electron chi connectivity index (χ1n) is 6.93. The largest absolute Gasteiger partial charge is 0.504 e. The molecule has 8 heteroatoms. The number of amides is 1. The molecule has 122 valence electrons. The predicted molar refractivity (Wildman–Crippen MR) is 76.3 cm³/mol. The second kappa shape index (κ2) is 6.93. The summed E-state index contributed by atoms with van der Waals surface area (Å²) in [5, 5.41) is 52.5. The number of rotatable bonds is 5. The molecule has 4 atom stereocenters. The number of hydrogen-bond donors (Lipinski definition) is 7. The van der Waals surface area contributed by atoms with Gasteiger partial charge >= 0.3 is 0 Å². The minimum atomic E-state index is -1.08. The Kier molecular flexibility index (Phi) is 5.19. The number of carbonyl (C=O) groups is 1. The third-order valence-electron chi connectivity index (χ3n) is 3.72. The summed E-state index contributed by atoms with van der Waals surface area (Å²) in [6.07, 6.45) is -2.15. The Morgan fingerprint density at radius 2 is 1.82 bits per heavy atom. The van der Waals surface area contributed by atoms with E-state index in [9.17, 15) is 25.2 Å². The lowest BCUT2D eigenvalue weighted by Crippen LogP contribution is -2.44. The molecular weight excluding hydrogens is 292 g/mol. The zero-order valence-electron chi connectivity index (χ0n) is 11.8. The van der Waals surface area contributed by atoms with Gasteiger partial charge in [-0.25, -0.2) is 0 Å². The van der Waals surface area contributed by atoms with Crippen molar-refractivity contribution in [1.82, 2.24) is 10.6 Å². The predicted octanol–water partition coefficient (Wildman–Crippen LogP) is -2.19. The number of phenolic OH excluding ortho intramolecular Hbond substituents is 2. The molecule has 0 bridgehead atoms. The van der Waals surface area contributed by atoms with Gasteiger partial charge in [0.15, 0.2) is 11.5 Å². The van der Waals surface area contributed by atoms with E-state index in [1.807, 2.05) is 0 Å². The lowest BCUT2D eigenvalue weighted by Gasteiger charge is -2.16. The van der Waals surface area contributed by atoms with Crippen LogP contribution in [0.5, 0.6) is 11.5 Å². The molecule has 0 radical (unpaired) electrons. The van der Waals surface area contributed by atoms with E-state index >= 15 is 0 Å².